The van der Waals surface area contributed by atoms with Gasteiger partial charge in [0, 0.05) is 5.41 Å². The molecule has 0 unspecified atom stereocenters. The van der Waals surface area contributed by atoms with Crippen LogP contribution in [-0.2, 0) is 14.3 Å². The van der Waals surface area contributed by atoms with E-state index in [0.29, 0.717) is 6.61 Å². The van der Waals surface area contributed by atoms with E-state index >= 15 is 0 Å². The SMILES string of the molecule is CCOC(=O)[C@H](C)C(=O)C(C)(C)C. The fourth-order valence-electron chi connectivity index (χ4n) is 1.02. The van der Waals surface area contributed by atoms with Gasteiger partial charge >= 0.3 is 5.97 Å². The smallest absolute Gasteiger partial charge is 0.316 e. The summed E-state index contributed by atoms with van der Waals surface area (Å²) in [7, 11) is 0. The fourth-order valence-corrected chi connectivity index (χ4v) is 1.02. The van der Waals surface area contributed by atoms with Gasteiger partial charge in [-0.15, -0.1) is 0 Å². The van der Waals surface area contributed by atoms with Gasteiger partial charge in [-0.3, -0.25) is 9.59 Å². The molecule has 0 radical (unpaired) electrons. The van der Waals surface area contributed by atoms with Crippen LogP contribution in [0.15, 0.2) is 0 Å². The molecular formula is C10H18O3. The molecule has 0 saturated heterocycles. The molecule has 0 aromatic rings. The van der Waals surface area contributed by atoms with E-state index in [2.05, 4.69) is 0 Å². The summed E-state index contributed by atoms with van der Waals surface area (Å²) >= 11 is 0. The number of carbonyl (C=O) groups is 2. The van der Waals surface area contributed by atoms with Crippen molar-refractivity contribution in [3.63, 3.8) is 0 Å². The number of ether oxygens (including phenoxy) is 1. The van der Waals surface area contributed by atoms with Crippen LogP contribution in [0.1, 0.15) is 34.6 Å². The molecule has 0 fully saturated rings. The number of hydrogen-bond donors (Lipinski definition) is 0. The summed E-state index contributed by atoms with van der Waals surface area (Å²) in [4.78, 5) is 22.8. The van der Waals surface area contributed by atoms with Gasteiger partial charge in [-0.25, -0.2) is 0 Å². The van der Waals surface area contributed by atoms with E-state index in [0.717, 1.165) is 0 Å². The Kier molecular flexibility index (Phi) is 4.11. The van der Waals surface area contributed by atoms with E-state index in [9.17, 15) is 9.59 Å². The molecule has 0 heterocycles. The van der Waals surface area contributed by atoms with Crippen LogP contribution in [0, 0.1) is 11.3 Å². The highest BCUT2D eigenvalue weighted by Crippen LogP contribution is 2.20. The number of ketones is 1. The van der Waals surface area contributed by atoms with E-state index in [-0.39, 0.29) is 5.78 Å². The number of carbonyl (C=O) groups excluding carboxylic acids is 2. The third-order valence-corrected chi connectivity index (χ3v) is 1.77. The molecule has 0 aliphatic heterocycles. The van der Waals surface area contributed by atoms with Crippen LogP contribution < -0.4 is 0 Å². The second kappa shape index (κ2) is 4.40. The zero-order valence-corrected chi connectivity index (χ0v) is 9.01. The predicted molar refractivity (Wildman–Crippen MR) is 50.3 cm³/mol. The first kappa shape index (κ1) is 12.1. The van der Waals surface area contributed by atoms with Crippen LogP contribution >= 0.6 is 0 Å². The van der Waals surface area contributed by atoms with E-state index in [1.165, 1.54) is 0 Å². The predicted octanol–water partition coefficient (Wildman–Crippen LogP) is 1.80. The van der Waals surface area contributed by atoms with Gasteiger partial charge in [0.2, 0.25) is 0 Å². The Labute approximate surface area is 79.5 Å². The fraction of sp³-hybridized carbons (Fsp3) is 0.800. The minimum absolute atomic E-state index is 0.0778. The Bertz CT molecular complexity index is 201. The summed E-state index contributed by atoms with van der Waals surface area (Å²) in [6, 6.07) is 0. The third kappa shape index (κ3) is 3.57. The molecule has 0 aliphatic carbocycles. The van der Waals surface area contributed by atoms with E-state index in [1.807, 2.05) is 0 Å². The molecule has 0 aromatic carbocycles. The highest BCUT2D eigenvalue weighted by molar-refractivity contribution is 6.01. The zero-order valence-electron chi connectivity index (χ0n) is 9.01. The normalized spacial score (nSPS) is 13.6. The third-order valence-electron chi connectivity index (χ3n) is 1.77. The van der Waals surface area contributed by atoms with E-state index in [1.54, 1.807) is 34.6 Å². The molecule has 1 atom stereocenters. The first-order valence-electron chi connectivity index (χ1n) is 4.51. The Hall–Kier alpha value is -0.860. The van der Waals surface area contributed by atoms with Crippen LogP contribution in [0.5, 0.6) is 0 Å². The number of hydrogen-bond acceptors (Lipinski definition) is 3. The van der Waals surface area contributed by atoms with Crippen molar-refractivity contribution >= 4 is 11.8 Å². The molecule has 0 bridgehead atoms. The van der Waals surface area contributed by atoms with Crippen molar-refractivity contribution in [2.75, 3.05) is 6.61 Å². The maximum Gasteiger partial charge on any atom is 0.316 e. The van der Waals surface area contributed by atoms with Crippen molar-refractivity contribution in [3.8, 4) is 0 Å². The average molecular weight is 186 g/mol. The highest BCUT2D eigenvalue weighted by atomic mass is 16.5. The molecule has 0 N–H and O–H groups in total. The molecule has 13 heavy (non-hydrogen) atoms. The largest absolute Gasteiger partial charge is 0.465 e. The van der Waals surface area contributed by atoms with Crippen LogP contribution in [-0.4, -0.2) is 18.4 Å². The van der Waals surface area contributed by atoms with Crippen molar-refractivity contribution in [3.05, 3.63) is 0 Å². The second-order valence-corrected chi connectivity index (χ2v) is 4.09. The highest BCUT2D eigenvalue weighted by Gasteiger charge is 2.31. The lowest BCUT2D eigenvalue weighted by molar-refractivity contribution is -0.152. The zero-order chi connectivity index (χ0) is 10.6. The molecule has 0 aromatic heterocycles. The molecule has 0 rings (SSSR count). The molecule has 3 heteroatoms. The number of Topliss-reactive ketones (excluding diaryl/α,β-unsaturated/α-hetero) is 1. The van der Waals surface area contributed by atoms with Gasteiger partial charge in [-0.2, -0.15) is 0 Å². The van der Waals surface area contributed by atoms with Crippen LogP contribution in [0.25, 0.3) is 0 Å². The maximum absolute atomic E-state index is 11.6. The van der Waals surface area contributed by atoms with Crippen LogP contribution in [0.2, 0.25) is 0 Å². The van der Waals surface area contributed by atoms with Gasteiger partial charge in [0.05, 0.1) is 6.61 Å². The first-order chi connectivity index (χ1) is 5.80. The van der Waals surface area contributed by atoms with Gasteiger partial charge in [0.25, 0.3) is 0 Å². The Morgan fingerprint density at radius 1 is 1.31 bits per heavy atom. The molecule has 76 valence electrons. The monoisotopic (exact) mass is 186 g/mol. The molecule has 0 saturated carbocycles. The first-order valence-corrected chi connectivity index (χ1v) is 4.51. The summed E-state index contributed by atoms with van der Waals surface area (Å²) < 4.78 is 4.76. The lowest BCUT2D eigenvalue weighted by Crippen LogP contribution is -2.32. The molecule has 0 amide bonds. The average Bonchev–Trinajstić information content (AvgIpc) is 2.00. The topological polar surface area (TPSA) is 43.4 Å². The Balaban J connectivity index is 4.35. The lowest BCUT2D eigenvalue weighted by atomic mass is 9.84. The van der Waals surface area contributed by atoms with Crippen molar-refractivity contribution < 1.29 is 14.3 Å². The summed E-state index contributed by atoms with van der Waals surface area (Å²) in [6.07, 6.45) is 0. The summed E-state index contributed by atoms with van der Waals surface area (Å²) in [6.45, 7) is 9.03. The van der Waals surface area contributed by atoms with Crippen LogP contribution in [0.3, 0.4) is 0 Å². The van der Waals surface area contributed by atoms with Gasteiger partial charge in [-0.05, 0) is 13.8 Å². The van der Waals surface area contributed by atoms with Crippen molar-refractivity contribution in [1.82, 2.24) is 0 Å². The summed E-state index contributed by atoms with van der Waals surface area (Å²) in [5.74, 6) is -1.16. The maximum atomic E-state index is 11.6. The van der Waals surface area contributed by atoms with Gasteiger partial charge < -0.3 is 4.74 Å². The van der Waals surface area contributed by atoms with Crippen molar-refractivity contribution in [2.24, 2.45) is 11.3 Å². The molecule has 0 spiro atoms. The minimum Gasteiger partial charge on any atom is -0.465 e. The van der Waals surface area contributed by atoms with Crippen LogP contribution in [0.4, 0.5) is 0 Å². The Morgan fingerprint density at radius 2 is 1.77 bits per heavy atom. The van der Waals surface area contributed by atoms with Crippen molar-refractivity contribution in [1.29, 1.82) is 0 Å². The molecular weight excluding hydrogens is 168 g/mol. The second-order valence-electron chi connectivity index (χ2n) is 4.09. The summed E-state index contributed by atoms with van der Waals surface area (Å²) in [5.41, 5.74) is -0.480. The number of rotatable bonds is 3. The van der Waals surface area contributed by atoms with E-state index < -0.39 is 17.3 Å². The van der Waals surface area contributed by atoms with Gasteiger partial charge in [0.1, 0.15) is 5.92 Å². The molecule has 0 aliphatic rings. The van der Waals surface area contributed by atoms with Crippen molar-refractivity contribution in [2.45, 2.75) is 34.6 Å². The minimum atomic E-state index is -0.653. The number of esters is 1. The summed E-state index contributed by atoms with van der Waals surface area (Å²) in [5, 5.41) is 0. The standard InChI is InChI=1S/C10H18O3/c1-6-13-9(12)7(2)8(11)10(3,4)5/h7H,6H2,1-5H3/t7-/m1/s1. The Morgan fingerprint density at radius 3 is 2.08 bits per heavy atom. The van der Waals surface area contributed by atoms with E-state index in [4.69, 9.17) is 4.74 Å². The van der Waals surface area contributed by atoms with Gasteiger partial charge in [0.15, 0.2) is 5.78 Å². The lowest BCUT2D eigenvalue weighted by Gasteiger charge is -2.20. The molecule has 3 nitrogen and oxygen atoms in total. The van der Waals surface area contributed by atoms with Gasteiger partial charge in [-0.1, -0.05) is 20.8 Å². The quantitative estimate of drug-likeness (QED) is 0.498.